The van der Waals surface area contributed by atoms with Gasteiger partial charge in [0.2, 0.25) is 0 Å². The first kappa shape index (κ1) is 29.1. The van der Waals surface area contributed by atoms with Gasteiger partial charge in [-0.05, 0) is 78.9 Å². The fraction of sp³-hybridized carbons (Fsp3) is 0.276. The highest BCUT2D eigenvalue weighted by Crippen LogP contribution is 2.40. The zero-order valence-corrected chi connectivity index (χ0v) is 21.9. The minimum absolute atomic E-state index is 0.0161. The molecule has 0 fully saturated rings. The Morgan fingerprint density at radius 3 is 2.28 bits per heavy atom. The van der Waals surface area contributed by atoms with Gasteiger partial charge in [0.1, 0.15) is 12.4 Å². The molecule has 1 unspecified atom stereocenters. The lowest BCUT2D eigenvalue weighted by Crippen LogP contribution is -2.30. The maximum atomic E-state index is 12.9. The minimum Gasteiger partial charge on any atom is -0.483 e. The topological polar surface area (TPSA) is 114 Å². The Hall–Kier alpha value is -4.47. The molecule has 3 aromatic carbocycles. The molecule has 10 heteroatoms. The average molecular weight is 540 g/mol. The third-order valence-corrected chi connectivity index (χ3v) is 6.43. The number of rotatable bonds is 8. The van der Waals surface area contributed by atoms with Crippen LogP contribution in [0.4, 0.5) is 8.78 Å². The van der Waals surface area contributed by atoms with Crippen molar-refractivity contribution >= 4 is 18.4 Å². The molecule has 3 aromatic rings. The molecule has 1 aliphatic rings. The van der Waals surface area contributed by atoms with E-state index >= 15 is 0 Å². The van der Waals surface area contributed by atoms with Crippen LogP contribution < -0.4 is 10.5 Å². The standard InChI is InChI=1S/C28H29F2N3O3.CH2O2/c1-4-33(5-2)25(34)21-10-6-8-19(15-21)20-9-7-11-22(16-20)28(17-35-27(31)32-28)23-12-13-24(18(3)14-23)36-26(29)30;2-1-3/h6-16,26H,4-5,17H2,1-3H3,(H2,31,32);1H,(H,2,3). The highest BCUT2D eigenvalue weighted by molar-refractivity contribution is 5.95. The monoisotopic (exact) mass is 539 g/mol. The third-order valence-electron chi connectivity index (χ3n) is 6.43. The first-order valence-electron chi connectivity index (χ1n) is 12.3. The van der Waals surface area contributed by atoms with Gasteiger partial charge >= 0.3 is 6.61 Å². The maximum absolute atomic E-state index is 12.9. The Kier molecular flexibility index (Phi) is 9.59. The van der Waals surface area contributed by atoms with Crippen molar-refractivity contribution in [2.24, 2.45) is 10.7 Å². The van der Waals surface area contributed by atoms with Gasteiger partial charge in [0.15, 0.2) is 5.54 Å². The normalized spacial score (nSPS) is 16.0. The van der Waals surface area contributed by atoms with Gasteiger partial charge in [0, 0.05) is 18.7 Å². The van der Waals surface area contributed by atoms with E-state index < -0.39 is 12.2 Å². The predicted molar refractivity (Wildman–Crippen MR) is 144 cm³/mol. The number of nitrogens with zero attached hydrogens (tertiary/aromatic N) is 2. The molecule has 3 N–H and O–H groups in total. The summed E-state index contributed by atoms with van der Waals surface area (Å²) in [4.78, 5) is 27.7. The highest BCUT2D eigenvalue weighted by atomic mass is 19.3. The fourth-order valence-corrected chi connectivity index (χ4v) is 4.51. The van der Waals surface area contributed by atoms with E-state index in [0.29, 0.717) is 24.2 Å². The maximum Gasteiger partial charge on any atom is 0.387 e. The quantitative estimate of drug-likeness (QED) is 0.388. The molecule has 39 heavy (non-hydrogen) atoms. The first-order valence-corrected chi connectivity index (χ1v) is 12.3. The highest BCUT2D eigenvalue weighted by Gasteiger charge is 2.40. The van der Waals surface area contributed by atoms with Crippen LogP contribution >= 0.6 is 0 Å². The summed E-state index contributed by atoms with van der Waals surface area (Å²) in [5.74, 6) is 0.0841. The summed E-state index contributed by atoms with van der Waals surface area (Å²) in [5, 5.41) is 6.89. The summed E-state index contributed by atoms with van der Waals surface area (Å²) in [7, 11) is 0. The van der Waals surface area contributed by atoms with Crippen molar-refractivity contribution in [1.82, 2.24) is 4.90 Å². The minimum atomic E-state index is -2.91. The number of alkyl halides is 2. The largest absolute Gasteiger partial charge is 0.483 e. The molecule has 0 aromatic heterocycles. The molecular formula is C29H31F2N3O5. The van der Waals surface area contributed by atoms with Crippen molar-refractivity contribution < 1.29 is 33.0 Å². The van der Waals surface area contributed by atoms with Crippen molar-refractivity contribution in [3.8, 4) is 16.9 Å². The zero-order valence-electron chi connectivity index (χ0n) is 21.9. The number of hydrogen-bond donors (Lipinski definition) is 2. The van der Waals surface area contributed by atoms with E-state index in [9.17, 15) is 13.6 Å². The van der Waals surface area contributed by atoms with Crippen LogP contribution in [0.5, 0.6) is 5.75 Å². The van der Waals surface area contributed by atoms with E-state index in [4.69, 9.17) is 20.4 Å². The number of carbonyl (C=O) groups is 2. The van der Waals surface area contributed by atoms with Crippen LogP contribution in [0.3, 0.4) is 0 Å². The predicted octanol–water partition coefficient (Wildman–Crippen LogP) is 5.03. The van der Waals surface area contributed by atoms with Crippen LogP contribution in [0.2, 0.25) is 0 Å². The molecule has 1 amide bonds. The summed E-state index contributed by atoms with van der Waals surface area (Å²) in [5.41, 5.74) is 9.50. The van der Waals surface area contributed by atoms with Crippen molar-refractivity contribution in [3.05, 3.63) is 89.0 Å². The number of carbonyl (C=O) groups excluding carboxylic acids is 1. The first-order chi connectivity index (χ1) is 18.7. The number of aliphatic imine (C=N–C) groups is 1. The van der Waals surface area contributed by atoms with Gasteiger partial charge in [0.25, 0.3) is 18.4 Å². The Morgan fingerprint density at radius 2 is 1.72 bits per heavy atom. The molecule has 1 aliphatic heterocycles. The van der Waals surface area contributed by atoms with Crippen LogP contribution in [0.25, 0.3) is 11.1 Å². The molecule has 0 saturated carbocycles. The molecule has 0 aliphatic carbocycles. The summed E-state index contributed by atoms with van der Waals surface area (Å²) >= 11 is 0. The average Bonchev–Trinajstić information content (AvgIpc) is 3.33. The van der Waals surface area contributed by atoms with E-state index in [2.05, 4.69) is 9.73 Å². The zero-order chi connectivity index (χ0) is 28.6. The van der Waals surface area contributed by atoms with Gasteiger partial charge in [-0.2, -0.15) is 8.78 Å². The molecule has 0 bridgehead atoms. The van der Waals surface area contributed by atoms with Crippen molar-refractivity contribution in [2.75, 3.05) is 19.7 Å². The molecule has 4 rings (SSSR count). The number of carboxylic acid groups (broad SMARTS) is 1. The smallest absolute Gasteiger partial charge is 0.387 e. The molecule has 0 saturated heterocycles. The summed E-state index contributed by atoms with van der Waals surface area (Å²) in [6, 6.07) is 20.3. The van der Waals surface area contributed by atoms with Gasteiger partial charge in [-0.3, -0.25) is 9.59 Å². The molecule has 0 spiro atoms. The number of benzene rings is 3. The van der Waals surface area contributed by atoms with Crippen molar-refractivity contribution in [1.29, 1.82) is 0 Å². The number of aryl methyl sites for hydroxylation is 1. The summed E-state index contributed by atoms with van der Waals surface area (Å²) in [6.45, 7) is 3.89. The lowest BCUT2D eigenvalue weighted by atomic mass is 9.82. The van der Waals surface area contributed by atoms with E-state index in [1.54, 1.807) is 24.0 Å². The second-order valence-corrected chi connectivity index (χ2v) is 8.70. The van der Waals surface area contributed by atoms with Gasteiger partial charge in [-0.1, -0.05) is 36.4 Å². The van der Waals surface area contributed by atoms with Crippen LogP contribution in [0.1, 0.15) is 40.9 Å². The number of ether oxygens (including phenoxy) is 2. The Morgan fingerprint density at radius 1 is 1.10 bits per heavy atom. The number of halogens is 2. The van der Waals surface area contributed by atoms with Gasteiger partial charge in [0.05, 0.1) is 0 Å². The van der Waals surface area contributed by atoms with Crippen LogP contribution in [-0.2, 0) is 15.1 Å². The Labute approximate surface area is 225 Å². The lowest BCUT2D eigenvalue weighted by molar-refractivity contribution is -0.122. The fourth-order valence-electron chi connectivity index (χ4n) is 4.51. The molecule has 0 radical (unpaired) electrons. The SMILES string of the molecule is CCN(CC)C(=O)c1cccc(-c2cccc(C3(c4ccc(OC(F)F)c(C)c4)COC(N)=N3)c2)c1.O=CO. The molecule has 1 heterocycles. The van der Waals surface area contributed by atoms with E-state index in [0.717, 1.165) is 22.3 Å². The van der Waals surface area contributed by atoms with Gasteiger partial charge in [-0.15, -0.1) is 0 Å². The Balaban J connectivity index is 0.00000134. The number of hydrogen-bond acceptors (Lipinski definition) is 6. The molecule has 8 nitrogen and oxygen atoms in total. The second kappa shape index (κ2) is 12.9. The van der Waals surface area contributed by atoms with Crippen molar-refractivity contribution in [2.45, 2.75) is 32.9 Å². The number of amidine groups is 1. The van der Waals surface area contributed by atoms with E-state index in [1.807, 2.05) is 62.4 Å². The molecular weight excluding hydrogens is 508 g/mol. The number of amides is 1. The molecule has 206 valence electrons. The summed E-state index contributed by atoms with van der Waals surface area (Å²) in [6.07, 6.45) is 0. The Bertz CT molecular complexity index is 1340. The second-order valence-electron chi connectivity index (χ2n) is 8.70. The van der Waals surface area contributed by atoms with E-state index in [1.165, 1.54) is 6.07 Å². The van der Waals surface area contributed by atoms with Gasteiger partial charge < -0.3 is 25.2 Å². The van der Waals surface area contributed by atoms with Crippen LogP contribution in [0, 0.1) is 6.92 Å². The molecule has 1 atom stereocenters. The lowest BCUT2D eigenvalue weighted by Gasteiger charge is -2.26. The van der Waals surface area contributed by atoms with Crippen LogP contribution in [-0.4, -0.2) is 54.7 Å². The summed E-state index contributed by atoms with van der Waals surface area (Å²) < 4.78 is 35.7. The van der Waals surface area contributed by atoms with Crippen molar-refractivity contribution in [3.63, 3.8) is 0 Å². The van der Waals surface area contributed by atoms with Crippen LogP contribution in [0.15, 0.2) is 71.7 Å². The third kappa shape index (κ3) is 6.51. The number of nitrogens with two attached hydrogens (primary N) is 1. The van der Waals surface area contributed by atoms with E-state index in [-0.39, 0.29) is 30.8 Å². The van der Waals surface area contributed by atoms with Gasteiger partial charge in [-0.25, -0.2) is 4.99 Å².